The third-order valence-corrected chi connectivity index (χ3v) is 4.56. The first-order valence-corrected chi connectivity index (χ1v) is 6.68. The van der Waals surface area contributed by atoms with Crippen LogP contribution in [0.2, 0.25) is 0 Å². The molecule has 0 aliphatic carbocycles. The van der Waals surface area contributed by atoms with Gasteiger partial charge in [0.05, 0.1) is 6.20 Å². The second-order valence-electron chi connectivity index (χ2n) is 4.12. The zero-order valence-electron chi connectivity index (χ0n) is 9.61. The lowest BCUT2D eigenvalue weighted by atomic mass is 10.1. The Morgan fingerprint density at radius 1 is 1.53 bits per heavy atom. The monoisotopic (exact) mass is 280 g/mol. The first kappa shape index (κ1) is 14.4. The van der Waals surface area contributed by atoms with Crippen molar-refractivity contribution in [2.75, 3.05) is 13.1 Å². The maximum Gasteiger partial charge on any atom is 0.246 e. The van der Waals surface area contributed by atoms with Crippen molar-refractivity contribution in [2.45, 2.75) is 23.8 Å². The van der Waals surface area contributed by atoms with E-state index in [1.54, 1.807) is 7.05 Å². The van der Waals surface area contributed by atoms with E-state index in [-0.39, 0.29) is 23.3 Å². The van der Waals surface area contributed by atoms with Crippen LogP contribution < -0.4 is 5.73 Å². The normalized spacial score (nSPS) is 22.1. The van der Waals surface area contributed by atoms with Gasteiger partial charge in [-0.3, -0.25) is 4.68 Å². The topological polar surface area (TPSA) is 81.2 Å². The molecule has 0 amide bonds. The molecule has 0 spiro atoms. The molecule has 2 rings (SSSR count). The molecule has 2 N–H and O–H groups in total. The molecule has 0 saturated carbocycles. The van der Waals surface area contributed by atoms with Gasteiger partial charge in [0.15, 0.2) is 0 Å². The largest absolute Gasteiger partial charge is 0.327 e. The van der Waals surface area contributed by atoms with Crippen LogP contribution >= 0.6 is 12.4 Å². The lowest BCUT2D eigenvalue weighted by Crippen LogP contribution is -2.45. The number of sulfonamides is 1. The van der Waals surface area contributed by atoms with Gasteiger partial charge in [0.1, 0.15) is 4.90 Å². The smallest absolute Gasteiger partial charge is 0.246 e. The summed E-state index contributed by atoms with van der Waals surface area (Å²) in [6, 6.07) is -0.0554. The minimum Gasteiger partial charge on any atom is -0.327 e. The predicted octanol–water partition coefficient (Wildman–Crippen LogP) is -0.0463. The Morgan fingerprint density at radius 2 is 2.24 bits per heavy atom. The van der Waals surface area contributed by atoms with Crippen molar-refractivity contribution in [1.82, 2.24) is 14.1 Å². The van der Waals surface area contributed by atoms with Gasteiger partial charge in [0, 0.05) is 32.4 Å². The zero-order valence-corrected chi connectivity index (χ0v) is 11.2. The number of hydrogen-bond donors (Lipinski definition) is 1. The molecule has 0 aromatic carbocycles. The highest BCUT2D eigenvalue weighted by atomic mass is 35.5. The van der Waals surface area contributed by atoms with Gasteiger partial charge in [0.25, 0.3) is 0 Å². The second kappa shape index (κ2) is 5.34. The molecular weight excluding hydrogens is 264 g/mol. The minimum absolute atomic E-state index is 0. The van der Waals surface area contributed by atoms with Crippen molar-refractivity contribution in [3.63, 3.8) is 0 Å². The molecule has 1 aromatic heterocycles. The maximum atomic E-state index is 12.2. The van der Waals surface area contributed by atoms with Crippen molar-refractivity contribution < 1.29 is 8.42 Å². The zero-order chi connectivity index (χ0) is 11.8. The van der Waals surface area contributed by atoms with Gasteiger partial charge in [0.2, 0.25) is 10.0 Å². The Balaban J connectivity index is 0.00000144. The Kier molecular flexibility index (Phi) is 4.54. The van der Waals surface area contributed by atoms with Gasteiger partial charge in [-0.05, 0) is 12.8 Å². The molecule has 1 saturated heterocycles. The first-order valence-electron chi connectivity index (χ1n) is 5.24. The van der Waals surface area contributed by atoms with Crippen LogP contribution in [0.3, 0.4) is 0 Å². The van der Waals surface area contributed by atoms with E-state index in [9.17, 15) is 8.42 Å². The fraction of sp³-hybridized carbons (Fsp3) is 0.667. The van der Waals surface area contributed by atoms with E-state index in [1.165, 1.54) is 21.4 Å². The van der Waals surface area contributed by atoms with Crippen molar-refractivity contribution in [3.8, 4) is 0 Å². The first-order chi connectivity index (χ1) is 7.50. The van der Waals surface area contributed by atoms with Gasteiger partial charge >= 0.3 is 0 Å². The highest BCUT2D eigenvalue weighted by molar-refractivity contribution is 7.89. The summed E-state index contributed by atoms with van der Waals surface area (Å²) in [5.41, 5.74) is 5.78. The van der Waals surface area contributed by atoms with Crippen LogP contribution in [0.15, 0.2) is 17.3 Å². The van der Waals surface area contributed by atoms with E-state index in [1.807, 2.05) is 0 Å². The fourth-order valence-electron chi connectivity index (χ4n) is 1.87. The van der Waals surface area contributed by atoms with Gasteiger partial charge < -0.3 is 5.73 Å². The lowest BCUT2D eigenvalue weighted by Gasteiger charge is -2.29. The molecule has 0 bridgehead atoms. The summed E-state index contributed by atoms with van der Waals surface area (Å²) in [6.07, 6.45) is 4.59. The molecule has 1 fully saturated rings. The van der Waals surface area contributed by atoms with Crippen molar-refractivity contribution in [3.05, 3.63) is 12.4 Å². The quantitative estimate of drug-likeness (QED) is 0.824. The van der Waals surface area contributed by atoms with Crippen LogP contribution in [-0.4, -0.2) is 41.6 Å². The molecule has 1 aliphatic heterocycles. The molecule has 8 heteroatoms. The number of halogens is 1. The van der Waals surface area contributed by atoms with Gasteiger partial charge in [-0.2, -0.15) is 9.40 Å². The van der Waals surface area contributed by atoms with Crippen molar-refractivity contribution in [1.29, 1.82) is 0 Å². The van der Waals surface area contributed by atoms with Crippen LogP contribution in [0, 0.1) is 0 Å². The standard InChI is InChI=1S/C9H16N4O2S.ClH/c1-12-7-9(5-11-12)16(14,15)13-4-2-3-8(10)6-13;/h5,7-8H,2-4,6,10H2,1H3;1H. The minimum atomic E-state index is -3.40. The molecule has 98 valence electrons. The maximum absolute atomic E-state index is 12.2. The van der Waals surface area contributed by atoms with E-state index < -0.39 is 10.0 Å². The summed E-state index contributed by atoms with van der Waals surface area (Å²) in [4.78, 5) is 0.240. The van der Waals surface area contributed by atoms with Crippen LogP contribution in [0.5, 0.6) is 0 Å². The number of aryl methyl sites for hydroxylation is 1. The van der Waals surface area contributed by atoms with Crippen LogP contribution in [-0.2, 0) is 17.1 Å². The van der Waals surface area contributed by atoms with Crippen LogP contribution in [0.4, 0.5) is 0 Å². The highest BCUT2D eigenvalue weighted by Crippen LogP contribution is 2.19. The summed E-state index contributed by atoms with van der Waals surface area (Å²) >= 11 is 0. The summed E-state index contributed by atoms with van der Waals surface area (Å²) in [7, 11) is -1.71. The molecule has 0 radical (unpaired) electrons. The molecule has 1 aliphatic rings. The number of aromatic nitrogens is 2. The number of piperidine rings is 1. The SMILES string of the molecule is Cl.Cn1cc(S(=O)(=O)N2CCCC(N)C2)cn1. The van der Waals surface area contributed by atoms with Crippen molar-refractivity contribution >= 4 is 22.4 Å². The molecule has 1 unspecified atom stereocenters. The second-order valence-corrected chi connectivity index (χ2v) is 6.05. The Hall–Kier alpha value is -0.630. The fourth-order valence-corrected chi connectivity index (χ4v) is 3.39. The summed E-state index contributed by atoms with van der Waals surface area (Å²) in [5, 5.41) is 3.88. The average Bonchev–Trinajstić information content (AvgIpc) is 2.65. The summed E-state index contributed by atoms with van der Waals surface area (Å²) in [6.45, 7) is 0.947. The number of rotatable bonds is 2. The Morgan fingerprint density at radius 3 is 2.76 bits per heavy atom. The molecular formula is C9H17ClN4O2S. The van der Waals surface area contributed by atoms with Crippen LogP contribution in [0.25, 0.3) is 0 Å². The van der Waals surface area contributed by atoms with Crippen molar-refractivity contribution in [2.24, 2.45) is 12.8 Å². The number of nitrogens with two attached hydrogens (primary N) is 1. The van der Waals surface area contributed by atoms with E-state index in [2.05, 4.69) is 5.10 Å². The number of hydrogen-bond acceptors (Lipinski definition) is 4. The van der Waals surface area contributed by atoms with Gasteiger partial charge in [-0.25, -0.2) is 8.42 Å². The van der Waals surface area contributed by atoms with E-state index >= 15 is 0 Å². The third-order valence-electron chi connectivity index (χ3n) is 2.74. The Labute approximate surface area is 107 Å². The molecule has 1 atom stereocenters. The molecule has 2 heterocycles. The van der Waals surface area contributed by atoms with E-state index in [0.717, 1.165) is 12.8 Å². The molecule has 6 nitrogen and oxygen atoms in total. The average molecular weight is 281 g/mol. The highest BCUT2D eigenvalue weighted by Gasteiger charge is 2.29. The number of nitrogens with zero attached hydrogens (tertiary/aromatic N) is 3. The molecule has 17 heavy (non-hydrogen) atoms. The summed E-state index contributed by atoms with van der Waals surface area (Å²) in [5.74, 6) is 0. The van der Waals surface area contributed by atoms with Gasteiger partial charge in [-0.1, -0.05) is 0 Å². The van der Waals surface area contributed by atoms with E-state index in [4.69, 9.17) is 5.73 Å². The third kappa shape index (κ3) is 2.98. The van der Waals surface area contributed by atoms with Crippen LogP contribution in [0.1, 0.15) is 12.8 Å². The van der Waals surface area contributed by atoms with Gasteiger partial charge in [-0.15, -0.1) is 12.4 Å². The predicted molar refractivity (Wildman–Crippen MR) is 66.4 cm³/mol. The van der Waals surface area contributed by atoms with E-state index in [0.29, 0.717) is 13.1 Å². The lowest BCUT2D eigenvalue weighted by molar-refractivity contribution is 0.316. The summed E-state index contributed by atoms with van der Waals surface area (Å²) < 4.78 is 27.3. The Bertz CT molecular complexity index is 473. The molecule has 1 aromatic rings.